The van der Waals surface area contributed by atoms with Crippen molar-refractivity contribution in [3.05, 3.63) is 29.8 Å². The quantitative estimate of drug-likeness (QED) is 0.721. The number of aliphatic carboxylic acids is 1. The summed E-state index contributed by atoms with van der Waals surface area (Å²) in [4.78, 5) is 14.5. The van der Waals surface area contributed by atoms with Crippen LogP contribution in [0.4, 0.5) is 8.78 Å². The fourth-order valence-corrected chi connectivity index (χ4v) is 3.95. The zero-order valence-corrected chi connectivity index (χ0v) is 16.7. The van der Waals surface area contributed by atoms with Gasteiger partial charge >= 0.3 is 11.7 Å². The molecular formula is C17H25ClF2N2O4S. The van der Waals surface area contributed by atoms with E-state index in [1.807, 2.05) is 11.9 Å². The van der Waals surface area contributed by atoms with Gasteiger partial charge in [-0.3, -0.25) is 14.6 Å². The van der Waals surface area contributed by atoms with E-state index in [0.29, 0.717) is 6.54 Å². The smallest absolute Gasteiger partial charge is 0.341 e. The number of likely N-dealkylation sites (tertiary alicyclic amines) is 1. The number of sulfone groups is 1. The van der Waals surface area contributed by atoms with Crippen molar-refractivity contribution >= 4 is 28.2 Å². The second-order valence-electron chi connectivity index (χ2n) is 6.62. The summed E-state index contributed by atoms with van der Waals surface area (Å²) in [6, 6.07) is 5.79. The van der Waals surface area contributed by atoms with Crippen molar-refractivity contribution < 1.29 is 27.1 Å². The van der Waals surface area contributed by atoms with Crippen molar-refractivity contribution in [3.63, 3.8) is 0 Å². The molecule has 0 amide bonds. The van der Waals surface area contributed by atoms with Gasteiger partial charge in [0.1, 0.15) is 0 Å². The monoisotopic (exact) mass is 426 g/mol. The lowest BCUT2D eigenvalue weighted by Crippen LogP contribution is -2.36. The lowest BCUT2D eigenvalue weighted by Gasteiger charge is -2.25. The van der Waals surface area contributed by atoms with Gasteiger partial charge in [-0.15, -0.1) is 12.4 Å². The molecule has 10 heteroatoms. The van der Waals surface area contributed by atoms with Crippen molar-refractivity contribution in [2.75, 3.05) is 26.7 Å². The highest BCUT2D eigenvalue weighted by Gasteiger charge is 2.26. The average Bonchev–Trinajstić information content (AvgIpc) is 2.80. The van der Waals surface area contributed by atoms with Gasteiger partial charge in [0.25, 0.3) is 0 Å². The maximum atomic E-state index is 12.6. The normalized spacial score (nSPS) is 18.9. The highest BCUT2D eigenvalue weighted by Crippen LogP contribution is 2.21. The van der Waals surface area contributed by atoms with E-state index in [1.54, 1.807) is 12.1 Å². The van der Waals surface area contributed by atoms with Gasteiger partial charge in [0.15, 0.2) is 0 Å². The number of nitrogens with zero attached hydrogens (tertiary/aromatic N) is 2. The number of halogens is 3. The molecule has 0 spiro atoms. The Bertz CT molecular complexity index is 716. The molecule has 1 unspecified atom stereocenters. The molecule has 154 valence electrons. The van der Waals surface area contributed by atoms with Gasteiger partial charge in [0.05, 0.1) is 11.4 Å². The molecule has 1 N–H and O–H groups in total. The van der Waals surface area contributed by atoms with Gasteiger partial charge in [-0.25, -0.2) is 8.42 Å². The SMILES string of the molecule is CN(CC(=O)O)C1CCCN(Cc2ccc(S(=O)(=O)C(F)F)cc2)CC1.Cl. The third-order valence-electron chi connectivity index (χ3n) is 4.69. The largest absolute Gasteiger partial charge is 0.480 e. The lowest BCUT2D eigenvalue weighted by atomic mass is 10.1. The third kappa shape index (κ3) is 6.67. The van der Waals surface area contributed by atoms with Crippen LogP contribution in [0.2, 0.25) is 0 Å². The summed E-state index contributed by atoms with van der Waals surface area (Å²) >= 11 is 0. The van der Waals surface area contributed by atoms with Crippen LogP contribution in [-0.2, 0) is 21.2 Å². The minimum Gasteiger partial charge on any atom is -0.480 e. The minimum atomic E-state index is -4.56. The Morgan fingerprint density at radius 3 is 2.44 bits per heavy atom. The fraction of sp³-hybridized carbons (Fsp3) is 0.588. The Morgan fingerprint density at radius 2 is 1.89 bits per heavy atom. The molecule has 1 heterocycles. The van der Waals surface area contributed by atoms with Crippen molar-refractivity contribution in [3.8, 4) is 0 Å². The number of benzene rings is 1. The van der Waals surface area contributed by atoms with Crippen LogP contribution in [0.15, 0.2) is 29.2 Å². The third-order valence-corrected chi connectivity index (χ3v) is 6.09. The zero-order chi connectivity index (χ0) is 19.3. The van der Waals surface area contributed by atoms with E-state index in [2.05, 4.69) is 4.90 Å². The van der Waals surface area contributed by atoms with Gasteiger partial charge in [-0.2, -0.15) is 8.78 Å². The fourth-order valence-electron chi connectivity index (χ4n) is 3.23. The van der Waals surface area contributed by atoms with Crippen molar-refractivity contribution in [1.29, 1.82) is 0 Å². The molecule has 1 aliphatic heterocycles. The van der Waals surface area contributed by atoms with E-state index in [1.165, 1.54) is 12.1 Å². The van der Waals surface area contributed by atoms with E-state index in [4.69, 9.17) is 5.11 Å². The number of alkyl halides is 2. The highest BCUT2D eigenvalue weighted by molar-refractivity contribution is 7.91. The Labute approximate surface area is 164 Å². The molecule has 1 saturated heterocycles. The summed E-state index contributed by atoms with van der Waals surface area (Å²) in [5.41, 5.74) is 0.857. The summed E-state index contributed by atoms with van der Waals surface area (Å²) in [7, 11) is -2.74. The number of hydrogen-bond acceptors (Lipinski definition) is 5. The topological polar surface area (TPSA) is 77.9 Å². The van der Waals surface area contributed by atoms with E-state index < -0.39 is 21.6 Å². The molecule has 0 aliphatic carbocycles. The van der Waals surface area contributed by atoms with Crippen molar-refractivity contribution in [1.82, 2.24) is 9.80 Å². The molecule has 1 fully saturated rings. The van der Waals surface area contributed by atoms with Gasteiger partial charge in [0.2, 0.25) is 9.84 Å². The first-order valence-electron chi connectivity index (χ1n) is 8.45. The van der Waals surface area contributed by atoms with E-state index in [0.717, 1.165) is 37.9 Å². The molecule has 0 bridgehead atoms. The van der Waals surface area contributed by atoms with Crippen LogP contribution in [0.3, 0.4) is 0 Å². The van der Waals surface area contributed by atoms with Crippen molar-refractivity contribution in [2.24, 2.45) is 0 Å². The summed E-state index contributed by atoms with van der Waals surface area (Å²) in [6.45, 7) is 2.27. The predicted molar refractivity (Wildman–Crippen MR) is 100 cm³/mol. The van der Waals surface area contributed by atoms with E-state index >= 15 is 0 Å². The maximum absolute atomic E-state index is 12.6. The summed E-state index contributed by atoms with van der Waals surface area (Å²) < 4.78 is 48.0. The lowest BCUT2D eigenvalue weighted by molar-refractivity contribution is -0.138. The van der Waals surface area contributed by atoms with Crippen molar-refractivity contribution in [2.45, 2.75) is 42.5 Å². The number of carboxylic acids is 1. The molecular weight excluding hydrogens is 402 g/mol. The van der Waals surface area contributed by atoms with Gasteiger partial charge in [-0.1, -0.05) is 12.1 Å². The number of carbonyl (C=O) groups is 1. The number of likely N-dealkylation sites (N-methyl/N-ethyl adjacent to an activating group) is 1. The average molecular weight is 427 g/mol. The van der Waals surface area contributed by atoms with Crippen LogP contribution >= 0.6 is 12.4 Å². The Morgan fingerprint density at radius 1 is 1.26 bits per heavy atom. The number of carboxylic acid groups (broad SMARTS) is 1. The molecule has 1 aromatic rings. The molecule has 27 heavy (non-hydrogen) atoms. The summed E-state index contributed by atoms with van der Waals surface area (Å²) in [6.07, 6.45) is 2.71. The first kappa shape index (κ1) is 23.7. The zero-order valence-electron chi connectivity index (χ0n) is 15.1. The number of rotatable bonds is 7. The molecule has 0 radical (unpaired) electrons. The molecule has 0 aromatic heterocycles. The second-order valence-corrected chi connectivity index (χ2v) is 8.54. The first-order chi connectivity index (χ1) is 12.2. The number of hydrogen-bond donors (Lipinski definition) is 1. The van der Waals surface area contributed by atoms with Crippen LogP contribution in [0.25, 0.3) is 0 Å². The Hall–Kier alpha value is -1.29. The van der Waals surface area contributed by atoms with Crippen LogP contribution in [0, 0.1) is 0 Å². The van der Waals surface area contributed by atoms with Crippen LogP contribution in [0.1, 0.15) is 24.8 Å². The van der Waals surface area contributed by atoms with Gasteiger partial charge < -0.3 is 5.11 Å². The second kappa shape index (κ2) is 10.3. The highest BCUT2D eigenvalue weighted by atomic mass is 35.5. The standard InChI is InChI=1S/C17H24F2N2O4S.ClH/c1-20(12-16(22)23)14-3-2-9-21(10-8-14)11-13-4-6-15(7-5-13)26(24,25)17(18)19;/h4-7,14,17H,2-3,8-12H2,1H3,(H,22,23);1H. The molecule has 0 saturated carbocycles. The summed E-state index contributed by atoms with van der Waals surface area (Å²) in [5.74, 6) is -4.26. The predicted octanol–water partition coefficient (Wildman–Crippen LogP) is 2.48. The molecule has 2 rings (SSSR count). The van der Waals surface area contributed by atoms with Gasteiger partial charge in [0, 0.05) is 12.6 Å². The molecule has 1 aliphatic rings. The van der Waals surface area contributed by atoms with E-state index in [9.17, 15) is 22.0 Å². The molecule has 6 nitrogen and oxygen atoms in total. The maximum Gasteiger partial charge on any atom is 0.341 e. The first-order valence-corrected chi connectivity index (χ1v) is 10.00. The Kier molecular flexibility index (Phi) is 9.07. The molecule has 1 atom stereocenters. The van der Waals surface area contributed by atoms with Crippen LogP contribution < -0.4 is 0 Å². The van der Waals surface area contributed by atoms with Crippen LogP contribution in [-0.4, -0.2) is 67.8 Å². The van der Waals surface area contributed by atoms with E-state index in [-0.39, 0.29) is 29.9 Å². The van der Waals surface area contributed by atoms with Crippen LogP contribution in [0.5, 0.6) is 0 Å². The van der Waals surface area contributed by atoms with Gasteiger partial charge in [-0.05, 0) is 57.1 Å². The molecule has 1 aromatic carbocycles. The minimum absolute atomic E-state index is 0. The Balaban J connectivity index is 0.00000364. The summed E-state index contributed by atoms with van der Waals surface area (Å²) in [5, 5.41) is 8.90.